The van der Waals surface area contributed by atoms with Gasteiger partial charge in [0.05, 0.1) is 19.7 Å². The fraction of sp³-hybridized carbons (Fsp3) is 0.577. The first-order valence-corrected chi connectivity index (χ1v) is 12.2. The zero-order valence-corrected chi connectivity index (χ0v) is 21.2. The summed E-state index contributed by atoms with van der Waals surface area (Å²) in [4.78, 5) is 26.5. The highest BCUT2D eigenvalue weighted by atomic mass is 16.5. The normalized spacial score (nSPS) is 21.4. The summed E-state index contributed by atoms with van der Waals surface area (Å²) in [6, 6.07) is 3.65. The lowest BCUT2D eigenvalue weighted by Gasteiger charge is -2.45. The van der Waals surface area contributed by atoms with Gasteiger partial charge in [0.2, 0.25) is 5.95 Å². The summed E-state index contributed by atoms with van der Waals surface area (Å²) in [6.45, 7) is 12.2. The number of nitrogens with two attached hydrogens (primary N) is 1. The third-order valence-corrected chi connectivity index (χ3v) is 7.27. The quantitative estimate of drug-likeness (QED) is 0.687. The third kappa shape index (κ3) is 4.50. The highest BCUT2D eigenvalue weighted by molar-refractivity contribution is 5.92. The van der Waals surface area contributed by atoms with Crippen LogP contribution in [0.5, 0.6) is 11.5 Å². The first kappa shape index (κ1) is 24.1. The number of allylic oxidation sites excluding steroid dienone is 2. The number of benzene rings is 1. The maximum absolute atomic E-state index is 12.6. The average molecular weight is 468 g/mol. The van der Waals surface area contributed by atoms with Gasteiger partial charge in [-0.3, -0.25) is 4.79 Å². The molecule has 2 aromatic rings. The Labute approximate surface area is 202 Å². The number of carbonyl (C=O) groups excluding carboxylic acids is 1. The summed E-state index contributed by atoms with van der Waals surface area (Å²) in [7, 11) is 3.20. The standard InChI is InChI=1S/C26H37N5O3/c1-15(2)18-11-17(32)12-21(24(18)16(3)4)30-7-9-31(10-8-30)26-28-20-14-23(34-6)22(33-5)13-19(20)25(27)29-26/h12-16,18,24H,7-11H2,1-6H3,(H2,27,28,29). The topological polar surface area (TPSA) is 93.8 Å². The number of anilines is 2. The second-order valence-electron chi connectivity index (χ2n) is 10.0. The Hall–Kier alpha value is -3.03. The first-order valence-electron chi connectivity index (χ1n) is 12.2. The van der Waals surface area contributed by atoms with Crippen molar-refractivity contribution in [2.24, 2.45) is 23.7 Å². The zero-order valence-electron chi connectivity index (χ0n) is 21.2. The molecule has 8 nitrogen and oxygen atoms in total. The summed E-state index contributed by atoms with van der Waals surface area (Å²) in [6.07, 6.45) is 2.56. The van der Waals surface area contributed by atoms with Gasteiger partial charge < -0.3 is 25.0 Å². The molecule has 1 saturated heterocycles. The van der Waals surface area contributed by atoms with Crippen LogP contribution in [0.1, 0.15) is 34.1 Å². The molecule has 2 heterocycles. The zero-order chi connectivity index (χ0) is 24.6. The van der Waals surface area contributed by atoms with Crippen molar-refractivity contribution in [2.45, 2.75) is 34.1 Å². The van der Waals surface area contributed by atoms with Gasteiger partial charge in [-0.15, -0.1) is 0 Å². The molecule has 0 amide bonds. The molecule has 2 aliphatic rings. The van der Waals surface area contributed by atoms with E-state index < -0.39 is 0 Å². The molecule has 1 aromatic carbocycles. The second-order valence-corrected chi connectivity index (χ2v) is 10.0. The number of piperazine rings is 1. The van der Waals surface area contributed by atoms with Crippen LogP contribution in [-0.2, 0) is 4.79 Å². The molecule has 4 rings (SSSR count). The van der Waals surface area contributed by atoms with E-state index in [4.69, 9.17) is 20.2 Å². The number of rotatable bonds is 6. The smallest absolute Gasteiger partial charge is 0.228 e. The molecular weight excluding hydrogens is 430 g/mol. The van der Waals surface area contributed by atoms with Crippen LogP contribution in [0, 0.1) is 23.7 Å². The van der Waals surface area contributed by atoms with Gasteiger partial charge in [-0.2, -0.15) is 4.98 Å². The van der Waals surface area contributed by atoms with Gasteiger partial charge in [0.15, 0.2) is 17.3 Å². The molecule has 0 saturated carbocycles. The predicted molar refractivity (Wildman–Crippen MR) is 135 cm³/mol. The van der Waals surface area contributed by atoms with Crippen molar-refractivity contribution in [3.8, 4) is 11.5 Å². The highest BCUT2D eigenvalue weighted by Gasteiger charge is 2.38. The number of nitrogen functional groups attached to an aromatic ring is 1. The van der Waals surface area contributed by atoms with Gasteiger partial charge in [0.25, 0.3) is 0 Å². The minimum Gasteiger partial charge on any atom is -0.493 e. The summed E-state index contributed by atoms with van der Waals surface area (Å²) in [5, 5.41) is 0.741. The van der Waals surface area contributed by atoms with Crippen molar-refractivity contribution in [3.63, 3.8) is 0 Å². The van der Waals surface area contributed by atoms with Gasteiger partial charge in [0, 0.05) is 61.7 Å². The average Bonchev–Trinajstić information content (AvgIpc) is 2.82. The maximum atomic E-state index is 12.6. The minimum absolute atomic E-state index is 0.253. The van der Waals surface area contributed by atoms with E-state index in [1.807, 2.05) is 18.2 Å². The third-order valence-electron chi connectivity index (χ3n) is 7.27. The Morgan fingerprint density at radius 1 is 0.941 bits per heavy atom. The number of ether oxygens (including phenoxy) is 2. The predicted octanol–water partition coefficient (Wildman–Crippen LogP) is 3.75. The Morgan fingerprint density at radius 3 is 2.15 bits per heavy atom. The van der Waals surface area contributed by atoms with E-state index in [0.29, 0.717) is 53.4 Å². The maximum Gasteiger partial charge on any atom is 0.228 e. The molecule has 1 fully saturated rings. The molecule has 8 heteroatoms. The number of hydrogen-bond donors (Lipinski definition) is 1. The van der Waals surface area contributed by atoms with E-state index in [1.54, 1.807) is 14.2 Å². The molecule has 1 aliphatic heterocycles. The summed E-state index contributed by atoms with van der Waals surface area (Å²) >= 11 is 0. The van der Waals surface area contributed by atoms with Gasteiger partial charge >= 0.3 is 0 Å². The van der Waals surface area contributed by atoms with Crippen LogP contribution < -0.4 is 20.1 Å². The van der Waals surface area contributed by atoms with Crippen LogP contribution in [0.25, 0.3) is 10.9 Å². The number of ketones is 1. The molecule has 0 spiro atoms. The van der Waals surface area contributed by atoms with Crippen molar-refractivity contribution >= 4 is 28.5 Å². The SMILES string of the molecule is COc1cc2nc(N3CCN(C4=CC(=O)CC(C(C)C)C4C(C)C)CC3)nc(N)c2cc1OC. The summed E-state index contributed by atoms with van der Waals surface area (Å²) in [5.74, 6) is 4.25. The number of hydrogen-bond acceptors (Lipinski definition) is 8. The van der Waals surface area contributed by atoms with Crippen molar-refractivity contribution in [1.82, 2.24) is 14.9 Å². The van der Waals surface area contributed by atoms with Crippen LogP contribution in [0.3, 0.4) is 0 Å². The van der Waals surface area contributed by atoms with E-state index in [0.717, 1.165) is 37.1 Å². The van der Waals surface area contributed by atoms with Gasteiger partial charge in [-0.05, 0) is 23.8 Å². The number of nitrogens with zero attached hydrogens (tertiary/aromatic N) is 4. The van der Waals surface area contributed by atoms with E-state index in [2.05, 4.69) is 42.5 Å². The molecular formula is C26H37N5O3. The Balaban J connectivity index is 1.56. The Kier molecular flexibility index (Phi) is 6.86. The van der Waals surface area contributed by atoms with E-state index in [1.165, 1.54) is 5.70 Å². The monoisotopic (exact) mass is 467 g/mol. The first-order chi connectivity index (χ1) is 16.2. The lowest BCUT2D eigenvalue weighted by molar-refractivity contribution is -0.117. The minimum atomic E-state index is 0.253. The van der Waals surface area contributed by atoms with Gasteiger partial charge in [-0.1, -0.05) is 27.7 Å². The fourth-order valence-corrected chi connectivity index (χ4v) is 5.46. The molecule has 0 bridgehead atoms. The number of carbonyl (C=O) groups is 1. The lowest BCUT2D eigenvalue weighted by Crippen LogP contribution is -2.49. The van der Waals surface area contributed by atoms with Crippen molar-refractivity contribution < 1.29 is 14.3 Å². The fourth-order valence-electron chi connectivity index (χ4n) is 5.46. The van der Waals surface area contributed by atoms with Crippen LogP contribution in [-0.4, -0.2) is 61.0 Å². The molecule has 1 aromatic heterocycles. The van der Waals surface area contributed by atoms with Gasteiger partial charge in [0.1, 0.15) is 5.82 Å². The van der Waals surface area contributed by atoms with Gasteiger partial charge in [-0.25, -0.2) is 4.98 Å². The van der Waals surface area contributed by atoms with E-state index in [-0.39, 0.29) is 5.78 Å². The van der Waals surface area contributed by atoms with E-state index >= 15 is 0 Å². The van der Waals surface area contributed by atoms with Crippen molar-refractivity contribution in [2.75, 3.05) is 51.0 Å². The molecule has 1 aliphatic carbocycles. The van der Waals surface area contributed by atoms with Crippen molar-refractivity contribution in [1.29, 1.82) is 0 Å². The second kappa shape index (κ2) is 9.68. The van der Waals surface area contributed by atoms with Crippen LogP contribution >= 0.6 is 0 Å². The summed E-state index contributed by atoms with van der Waals surface area (Å²) < 4.78 is 10.8. The summed E-state index contributed by atoms with van der Waals surface area (Å²) in [5.41, 5.74) is 8.24. The van der Waals surface area contributed by atoms with E-state index in [9.17, 15) is 4.79 Å². The molecule has 2 atom stereocenters. The molecule has 184 valence electrons. The molecule has 2 N–H and O–H groups in total. The number of aromatic nitrogens is 2. The van der Waals surface area contributed by atoms with Crippen LogP contribution in [0.2, 0.25) is 0 Å². The Bertz CT molecular complexity index is 1090. The lowest BCUT2D eigenvalue weighted by atomic mass is 9.69. The largest absolute Gasteiger partial charge is 0.493 e. The molecule has 34 heavy (non-hydrogen) atoms. The molecule has 2 unspecified atom stereocenters. The Morgan fingerprint density at radius 2 is 1.56 bits per heavy atom. The highest BCUT2D eigenvalue weighted by Crippen LogP contribution is 2.41. The van der Waals surface area contributed by atoms with Crippen LogP contribution in [0.4, 0.5) is 11.8 Å². The number of methoxy groups -OCH3 is 2. The molecule has 0 radical (unpaired) electrons. The van der Waals surface area contributed by atoms with Crippen molar-refractivity contribution in [3.05, 3.63) is 23.9 Å². The van der Waals surface area contributed by atoms with Crippen LogP contribution in [0.15, 0.2) is 23.9 Å². The number of fused-ring (bicyclic) bond motifs is 1.